The average Bonchev–Trinajstić information content (AvgIpc) is 2.49. The van der Waals surface area contributed by atoms with E-state index in [1.807, 2.05) is 24.3 Å². The van der Waals surface area contributed by atoms with Gasteiger partial charge in [-0.15, -0.1) is 0 Å². The highest BCUT2D eigenvalue weighted by atomic mass is 16.5. The summed E-state index contributed by atoms with van der Waals surface area (Å²) in [6.07, 6.45) is 2.44. The van der Waals surface area contributed by atoms with Gasteiger partial charge in [-0.25, -0.2) is 9.97 Å². The number of nitrogens with zero attached hydrogens (tertiary/aromatic N) is 2. The Hall–Kier alpha value is -2.30. The molecule has 1 aromatic carbocycles. The molecule has 0 unspecified atom stereocenters. The van der Waals surface area contributed by atoms with Crippen LogP contribution in [-0.2, 0) is 6.42 Å². The third kappa shape index (κ3) is 3.17. The Morgan fingerprint density at radius 3 is 2.35 bits per heavy atom. The number of nitrogens with one attached hydrogen (secondary N) is 2. The fourth-order valence-electron chi connectivity index (χ4n) is 1.99. The van der Waals surface area contributed by atoms with Crippen LogP contribution in [0.25, 0.3) is 0 Å². The molecule has 20 heavy (non-hydrogen) atoms. The summed E-state index contributed by atoms with van der Waals surface area (Å²) in [6, 6.07) is 7.77. The van der Waals surface area contributed by atoms with Crippen LogP contribution in [-0.4, -0.2) is 23.6 Å². The number of hydrogen-bond acceptors (Lipinski definition) is 5. The lowest BCUT2D eigenvalue weighted by Crippen LogP contribution is -2.07. The summed E-state index contributed by atoms with van der Waals surface area (Å²) in [5.41, 5.74) is 2.06. The molecule has 0 bridgehead atoms. The maximum absolute atomic E-state index is 5.15. The molecule has 1 heterocycles. The van der Waals surface area contributed by atoms with Gasteiger partial charge in [-0.3, -0.25) is 0 Å². The molecule has 2 rings (SSSR count). The molecule has 1 aromatic heterocycles. The Balaban J connectivity index is 2.25. The number of anilines is 3. The number of rotatable bonds is 6. The fourth-order valence-corrected chi connectivity index (χ4v) is 1.99. The van der Waals surface area contributed by atoms with Crippen molar-refractivity contribution in [2.24, 2.45) is 0 Å². The van der Waals surface area contributed by atoms with Crippen LogP contribution in [0.4, 0.5) is 17.3 Å². The summed E-state index contributed by atoms with van der Waals surface area (Å²) in [7, 11) is 1.66. The average molecular weight is 272 g/mol. The van der Waals surface area contributed by atoms with Crippen LogP contribution in [0.1, 0.15) is 19.4 Å². The van der Waals surface area contributed by atoms with E-state index in [1.165, 1.54) is 0 Å². The largest absolute Gasteiger partial charge is 0.497 e. The predicted molar refractivity (Wildman–Crippen MR) is 81.9 cm³/mol. The highest BCUT2D eigenvalue weighted by molar-refractivity contribution is 5.65. The van der Waals surface area contributed by atoms with Crippen molar-refractivity contribution in [3.05, 3.63) is 36.2 Å². The van der Waals surface area contributed by atoms with Gasteiger partial charge in [-0.1, -0.05) is 6.92 Å². The normalized spacial score (nSPS) is 10.2. The van der Waals surface area contributed by atoms with E-state index < -0.39 is 0 Å². The monoisotopic (exact) mass is 272 g/mol. The zero-order valence-electron chi connectivity index (χ0n) is 12.1. The lowest BCUT2D eigenvalue weighted by molar-refractivity contribution is 0.415. The fraction of sp³-hybridized carbons (Fsp3) is 0.333. The number of ether oxygens (including phenoxy) is 1. The molecule has 0 amide bonds. The highest BCUT2D eigenvalue weighted by Crippen LogP contribution is 2.24. The standard InChI is InChI=1S/C15H20N4O/c1-4-13-14(16-5-2)17-10-18-15(13)19-11-6-8-12(20-3)9-7-11/h6-10H,4-5H2,1-3H3,(H2,16,17,18,19). The van der Waals surface area contributed by atoms with Crippen molar-refractivity contribution in [3.63, 3.8) is 0 Å². The minimum absolute atomic E-state index is 0.835. The Labute approximate surface area is 119 Å². The second kappa shape index (κ2) is 6.75. The maximum Gasteiger partial charge on any atom is 0.139 e. The van der Waals surface area contributed by atoms with Crippen LogP contribution in [0.2, 0.25) is 0 Å². The van der Waals surface area contributed by atoms with Gasteiger partial charge in [0.1, 0.15) is 23.7 Å². The third-order valence-electron chi connectivity index (χ3n) is 3.00. The van der Waals surface area contributed by atoms with Gasteiger partial charge in [-0.2, -0.15) is 0 Å². The third-order valence-corrected chi connectivity index (χ3v) is 3.00. The second-order valence-corrected chi connectivity index (χ2v) is 4.29. The number of methoxy groups -OCH3 is 1. The van der Waals surface area contributed by atoms with Crippen LogP contribution in [0, 0.1) is 0 Å². The molecule has 0 fully saturated rings. The first-order chi connectivity index (χ1) is 9.78. The molecule has 5 nitrogen and oxygen atoms in total. The molecule has 0 aliphatic heterocycles. The molecule has 5 heteroatoms. The summed E-state index contributed by atoms with van der Waals surface area (Å²) >= 11 is 0. The molecule has 0 radical (unpaired) electrons. The van der Waals surface area contributed by atoms with E-state index in [4.69, 9.17) is 4.74 Å². The summed E-state index contributed by atoms with van der Waals surface area (Å²) in [5, 5.41) is 6.59. The molecule has 2 aromatic rings. The smallest absolute Gasteiger partial charge is 0.139 e. The van der Waals surface area contributed by atoms with Gasteiger partial charge >= 0.3 is 0 Å². The van der Waals surface area contributed by atoms with Crippen LogP contribution >= 0.6 is 0 Å². The maximum atomic E-state index is 5.15. The van der Waals surface area contributed by atoms with Crippen molar-refractivity contribution in [1.82, 2.24) is 9.97 Å². The van der Waals surface area contributed by atoms with Crippen molar-refractivity contribution in [1.29, 1.82) is 0 Å². The molecule has 0 atom stereocenters. The SMILES string of the molecule is CCNc1ncnc(Nc2ccc(OC)cc2)c1CC. The lowest BCUT2D eigenvalue weighted by atomic mass is 10.2. The Morgan fingerprint density at radius 2 is 1.75 bits per heavy atom. The molecule has 0 saturated carbocycles. The first-order valence-electron chi connectivity index (χ1n) is 6.77. The summed E-state index contributed by atoms with van der Waals surface area (Å²) in [5.74, 6) is 2.56. The van der Waals surface area contributed by atoms with Crippen molar-refractivity contribution in [2.75, 3.05) is 24.3 Å². The van der Waals surface area contributed by atoms with E-state index >= 15 is 0 Å². The van der Waals surface area contributed by atoms with Crippen molar-refractivity contribution >= 4 is 17.3 Å². The van der Waals surface area contributed by atoms with E-state index in [0.717, 1.165) is 41.6 Å². The van der Waals surface area contributed by atoms with Crippen molar-refractivity contribution < 1.29 is 4.74 Å². The summed E-state index contributed by atoms with van der Waals surface area (Å²) in [4.78, 5) is 8.62. The van der Waals surface area contributed by atoms with Gasteiger partial charge in [0.2, 0.25) is 0 Å². The molecule has 0 aliphatic rings. The van der Waals surface area contributed by atoms with Crippen LogP contribution < -0.4 is 15.4 Å². The highest BCUT2D eigenvalue weighted by Gasteiger charge is 2.09. The minimum atomic E-state index is 0.835. The molecular weight excluding hydrogens is 252 g/mol. The van der Waals surface area contributed by atoms with Crippen molar-refractivity contribution in [2.45, 2.75) is 20.3 Å². The van der Waals surface area contributed by atoms with E-state index in [-0.39, 0.29) is 0 Å². The topological polar surface area (TPSA) is 59.1 Å². The first-order valence-corrected chi connectivity index (χ1v) is 6.77. The van der Waals surface area contributed by atoms with Gasteiger partial charge in [0, 0.05) is 17.8 Å². The van der Waals surface area contributed by atoms with Gasteiger partial charge in [0.15, 0.2) is 0 Å². The zero-order chi connectivity index (χ0) is 14.4. The molecule has 2 N–H and O–H groups in total. The summed E-state index contributed by atoms with van der Waals surface area (Å²) < 4.78 is 5.15. The number of aromatic nitrogens is 2. The van der Waals surface area contributed by atoms with E-state index in [9.17, 15) is 0 Å². The Morgan fingerprint density at radius 1 is 1.05 bits per heavy atom. The first kappa shape index (κ1) is 14.1. The van der Waals surface area contributed by atoms with E-state index in [2.05, 4.69) is 34.4 Å². The molecule has 0 saturated heterocycles. The Kier molecular flexibility index (Phi) is 4.76. The van der Waals surface area contributed by atoms with Crippen LogP contribution in [0.3, 0.4) is 0 Å². The van der Waals surface area contributed by atoms with Crippen LogP contribution in [0.5, 0.6) is 5.75 Å². The quantitative estimate of drug-likeness (QED) is 0.845. The minimum Gasteiger partial charge on any atom is -0.497 e. The molecular formula is C15H20N4O. The second-order valence-electron chi connectivity index (χ2n) is 4.29. The predicted octanol–water partition coefficient (Wildman–Crippen LogP) is 3.22. The molecule has 106 valence electrons. The lowest BCUT2D eigenvalue weighted by Gasteiger charge is -2.14. The zero-order valence-corrected chi connectivity index (χ0v) is 12.1. The van der Waals surface area contributed by atoms with Crippen LogP contribution in [0.15, 0.2) is 30.6 Å². The van der Waals surface area contributed by atoms with Gasteiger partial charge < -0.3 is 15.4 Å². The van der Waals surface area contributed by atoms with Gasteiger partial charge in [-0.05, 0) is 37.6 Å². The van der Waals surface area contributed by atoms with Gasteiger partial charge in [0.05, 0.1) is 7.11 Å². The van der Waals surface area contributed by atoms with E-state index in [0.29, 0.717) is 0 Å². The number of hydrogen-bond donors (Lipinski definition) is 2. The molecule has 0 aliphatic carbocycles. The van der Waals surface area contributed by atoms with Gasteiger partial charge in [0.25, 0.3) is 0 Å². The van der Waals surface area contributed by atoms with Crippen molar-refractivity contribution in [3.8, 4) is 5.75 Å². The molecule has 0 spiro atoms. The Bertz CT molecular complexity index is 554. The van der Waals surface area contributed by atoms with E-state index in [1.54, 1.807) is 13.4 Å². The number of benzene rings is 1. The summed E-state index contributed by atoms with van der Waals surface area (Å²) in [6.45, 7) is 4.99.